The molecule has 35 heavy (non-hydrogen) atoms. The van der Waals surface area contributed by atoms with E-state index in [1.54, 1.807) is 7.11 Å². The van der Waals surface area contributed by atoms with E-state index in [4.69, 9.17) is 9.72 Å². The SMILES string of the molecule is COc1ccc(-c2cnc(-c3ccccc3-c3ccc(C(F)(F)F)cc3)n2-c2ccccc2)cc1. The molecule has 0 spiro atoms. The van der Waals surface area contributed by atoms with Crippen molar-refractivity contribution < 1.29 is 17.9 Å². The summed E-state index contributed by atoms with van der Waals surface area (Å²) in [7, 11) is 1.62. The number of imidazole rings is 1. The van der Waals surface area contributed by atoms with Crippen molar-refractivity contribution in [2.75, 3.05) is 7.11 Å². The van der Waals surface area contributed by atoms with Gasteiger partial charge in [0.05, 0.1) is 24.6 Å². The summed E-state index contributed by atoms with van der Waals surface area (Å²) < 4.78 is 46.6. The van der Waals surface area contributed by atoms with Crippen LogP contribution in [0.3, 0.4) is 0 Å². The van der Waals surface area contributed by atoms with E-state index in [9.17, 15) is 13.2 Å². The number of rotatable bonds is 5. The second kappa shape index (κ2) is 9.14. The Bertz CT molecular complexity index is 1440. The molecule has 0 saturated carbocycles. The van der Waals surface area contributed by atoms with Gasteiger partial charge in [-0.25, -0.2) is 4.98 Å². The molecular weight excluding hydrogens is 449 g/mol. The van der Waals surface area contributed by atoms with Gasteiger partial charge in [0.25, 0.3) is 0 Å². The van der Waals surface area contributed by atoms with Crippen LogP contribution in [0.25, 0.3) is 39.5 Å². The average molecular weight is 470 g/mol. The van der Waals surface area contributed by atoms with Gasteiger partial charge in [-0.3, -0.25) is 4.57 Å². The van der Waals surface area contributed by atoms with Crippen molar-refractivity contribution in [1.29, 1.82) is 0 Å². The molecule has 0 aliphatic heterocycles. The highest BCUT2D eigenvalue weighted by atomic mass is 19.4. The summed E-state index contributed by atoms with van der Waals surface area (Å²) in [5.74, 6) is 1.45. The zero-order chi connectivity index (χ0) is 24.4. The highest BCUT2D eigenvalue weighted by Crippen LogP contribution is 2.37. The van der Waals surface area contributed by atoms with Gasteiger partial charge in [0.1, 0.15) is 11.6 Å². The molecule has 4 aromatic carbocycles. The van der Waals surface area contributed by atoms with Gasteiger partial charge < -0.3 is 4.74 Å². The van der Waals surface area contributed by atoms with E-state index in [2.05, 4.69) is 4.57 Å². The second-order valence-corrected chi connectivity index (χ2v) is 7.99. The van der Waals surface area contributed by atoms with Crippen molar-refractivity contribution in [3.63, 3.8) is 0 Å². The fourth-order valence-corrected chi connectivity index (χ4v) is 4.11. The van der Waals surface area contributed by atoms with Gasteiger partial charge in [-0.2, -0.15) is 13.2 Å². The summed E-state index contributed by atoms with van der Waals surface area (Å²) >= 11 is 0. The highest BCUT2D eigenvalue weighted by molar-refractivity contribution is 5.83. The monoisotopic (exact) mass is 470 g/mol. The molecule has 3 nitrogen and oxygen atoms in total. The van der Waals surface area contributed by atoms with Crippen molar-refractivity contribution in [2.45, 2.75) is 6.18 Å². The van der Waals surface area contributed by atoms with Gasteiger partial charge in [0.2, 0.25) is 0 Å². The Hall–Kier alpha value is -4.32. The smallest absolute Gasteiger partial charge is 0.416 e. The highest BCUT2D eigenvalue weighted by Gasteiger charge is 2.30. The van der Waals surface area contributed by atoms with Crippen LogP contribution >= 0.6 is 0 Å². The van der Waals surface area contributed by atoms with E-state index in [1.165, 1.54) is 12.1 Å². The molecule has 0 radical (unpaired) electrons. The number of benzene rings is 4. The summed E-state index contributed by atoms with van der Waals surface area (Å²) in [6.45, 7) is 0. The van der Waals surface area contributed by atoms with Crippen LogP contribution in [-0.4, -0.2) is 16.7 Å². The maximum absolute atomic E-state index is 13.1. The Kier molecular flexibility index (Phi) is 5.87. The quantitative estimate of drug-likeness (QED) is 0.261. The van der Waals surface area contributed by atoms with E-state index in [-0.39, 0.29) is 0 Å². The van der Waals surface area contributed by atoms with Crippen LogP contribution in [-0.2, 0) is 6.18 Å². The topological polar surface area (TPSA) is 27.1 Å². The lowest BCUT2D eigenvalue weighted by molar-refractivity contribution is -0.137. The summed E-state index contributed by atoms with van der Waals surface area (Å²) in [6.07, 6.45) is -2.57. The third-order valence-corrected chi connectivity index (χ3v) is 5.85. The third kappa shape index (κ3) is 4.43. The Morgan fingerprint density at radius 2 is 1.29 bits per heavy atom. The largest absolute Gasteiger partial charge is 0.497 e. The number of ether oxygens (including phenoxy) is 1. The van der Waals surface area contributed by atoms with Gasteiger partial charge >= 0.3 is 6.18 Å². The van der Waals surface area contributed by atoms with Crippen molar-refractivity contribution in [1.82, 2.24) is 9.55 Å². The lowest BCUT2D eigenvalue weighted by atomic mass is 9.98. The normalized spacial score (nSPS) is 11.4. The number of halogens is 3. The van der Waals surface area contributed by atoms with Crippen molar-refractivity contribution in [3.05, 3.63) is 115 Å². The van der Waals surface area contributed by atoms with E-state index in [0.717, 1.165) is 46.0 Å². The maximum atomic E-state index is 13.1. The number of alkyl halides is 3. The van der Waals surface area contributed by atoms with E-state index in [1.807, 2.05) is 85.1 Å². The first-order chi connectivity index (χ1) is 17.0. The lowest BCUT2D eigenvalue weighted by Gasteiger charge is -2.16. The molecule has 0 aliphatic rings. The predicted octanol–water partition coefficient (Wildman–Crippen LogP) is 7.90. The van der Waals surface area contributed by atoms with Crippen molar-refractivity contribution in [3.8, 4) is 45.2 Å². The van der Waals surface area contributed by atoms with Gasteiger partial charge in [-0.05, 0) is 59.7 Å². The molecule has 0 N–H and O–H groups in total. The molecule has 174 valence electrons. The first-order valence-electron chi connectivity index (χ1n) is 11.0. The molecule has 0 fully saturated rings. The Labute approximate surface area is 201 Å². The van der Waals surface area contributed by atoms with Crippen LogP contribution in [0.2, 0.25) is 0 Å². The van der Waals surface area contributed by atoms with Crippen LogP contribution in [0, 0.1) is 0 Å². The van der Waals surface area contributed by atoms with Crippen molar-refractivity contribution in [2.24, 2.45) is 0 Å². The van der Waals surface area contributed by atoms with E-state index < -0.39 is 11.7 Å². The average Bonchev–Trinajstić information content (AvgIpc) is 3.34. The second-order valence-electron chi connectivity index (χ2n) is 7.99. The molecule has 5 rings (SSSR count). The molecule has 0 unspecified atom stereocenters. The molecule has 0 saturated heterocycles. The fraction of sp³-hybridized carbons (Fsp3) is 0.0690. The van der Waals surface area contributed by atoms with E-state index >= 15 is 0 Å². The van der Waals surface area contributed by atoms with Crippen LogP contribution in [0.15, 0.2) is 109 Å². The number of para-hydroxylation sites is 1. The van der Waals surface area contributed by atoms with Crippen LogP contribution < -0.4 is 4.74 Å². The number of nitrogens with zero attached hydrogens (tertiary/aromatic N) is 2. The predicted molar refractivity (Wildman–Crippen MR) is 131 cm³/mol. The number of aromatic nitrogens is 2. The molecular formula is C29H21F3N2O. The van der Waals surface area contributed by atoms with Gasteiger partial charge in [-0.1, -0.05) is 54.6 Å². The summed E-state index contributed by atoms with van der Waals surface area (Å²) in [6, 6.07) is 30.4. The molecule has 6 heteroatoms. The molecule has 1 heterocycles. The standard InChI is InChI=1S/C29H21F3N2O/c1-35-24-17-13-21(14-18-24)27-19-33-28(34(27)23-7-3-2-4-8-23)26-10-6-5-9-25(26)20-11-15-22(16-12-20)29(30,31)32/h2-19H,1H3. The van der Waals surface area contributed by atoms with E-state index in [0.29, 0.717) is 11.4 Å². The summed E-state index contributed by atoms with van der Waals surface area (Å²) in [4.78, 5) is 4.78. The minimum Gasteiger partial charge on any atom is -0.497 e. The Balaban J connectivity index is 1.68. The molecule has 1 aromatic heterocycles. The van der Waals surface area contributed by atoms with Crippen LogP contribution in [0.5, 0.6) is 5.75 Å². The minimum absolute atomic E-state index is 0.675. The number of hydrogen-bond donors (Lipinski definition) is 0. The van der Waals surface area contributed by atoms with Crippen LogP contribution in [0.1, 0.15) is 5.56 Å². The molecule has 0 amide bonds. The lowest BCUT2D eigenvalue weighted by Crippen LogP contribution is -2.04. The first kappa shape index (κ1) is 22.5. The van der Waals surface area contributed by atoms with Crippen LogP contribution in [0.4, 0.5) is 13.2 Å². The molecule has 5 aromatic rings. The molecule has 0 atom stereocenters. The summed E-state index contributed by atoms with van der Waals surface area (Å²) in [5.41, 5.74) is 4.39. The zero-order valence-corrected chi connectivity index (χ0v) is 18.8. The van der Waals surface area contributed by atoms with Gasteiger partial charge in [0.15, 0.2) is 0 Å². The minimum atomic E-state index is -4.38. The first-order valence-corrected chi connectivity index (χ1v) is 11.0. The number of methoxy groups -OCH3 is 1. The third-order valence-electron chi connectivity index (χ3n) is 5.85. The Morgan fingerprint density at radius 3 is 1.91 bits per heavy atom. The van der Waals surface area contributed by atoms with Gasteiger partial charge in [-0.15, -0.1) is 0 Å². The molecule has 0 aliphatic carbocycles. The van der Waals surface area contributed by atoms with Crippen molar-refractivity contribution >= 4 is 0 Å². The molecule has 0 bridgehead atoms. The number of hydrogen-bond acceptors (Lipinski definition) is 2. The Morgan fingerprint density at radius 1 is 0.686 bits per heavy atom. The van der Waals surface area contributed by atoms with Gasteiger partial charge in [0, 0.05) is 16.8 Å². The maximum Gasteiger partial charge on any atom is 0.416 e. The fourth-order valence-electron chi connectivity index (χ4n) is 4.11. The zero-order valence-electron chi connectivity index (χ0n) is 18.8. The summed E-state index contributed by atoms with van der Waals surface area (Å²) in [5, 5.41) is 0.